The van der Waals surface area contributed by atoms with E-state index in [1.165, 1.54) is 5.41 Å². The van der Waals surface area contributed by atoms with E-state index in [0.717, 1.165) is 18.5 Å². The zero-order valence-electron chi connectivity index (χ0n) is 11.7. The normalized spacial score (nSPS) is 14.1. The molecule has 0 aromatic heterocycles. The monoisotopic (exact) mass is 282 g/mol. The summed E-state index contributed by atoms with van der Waals surface area (Å²) in [5.74, 6) is 0. The Balaban J connectivity index is 2.54. The van der Waals surface area contributed by atoms with Crippen LogP contribution in [0.3, 0.4) is 0 Å². The topological polar surface area (TPSA) is 49.4 Å². The molecule has 5 heteroatoms. The largest absolute Gasteiger partial charge is 0.309 e. The molecule has 1 aromatic carbocycles. The molecule has 1 atom stereocenters. The van der Waals surface area contributed by atoms with Crippen LogP contribution in [-0.2, 0) is 10.0 Å². The highest BCUT2D eigenvalue weighted by molar-refractivity contribution is 7.92. The van der Waals surface area contributed by atoms with Crippen LogP contribution in [0.5, 0.6) is 0 Å². The molecule has 0 radical (unpaired) electrons. The third-order valence-electron chi connectivity index (χ3n) is 2.61. The van der Waals surface area contributed by atoms with Crippen molar-refractivity contribution in [1.29, 1.82) is 0 Å². The summed E-state index contributed by atoms with van der Waals surface area (Å²) in [5.41, 5.74) is 0.869. The van der Waals surface area contributed by atoms with Crippen molar-refractivity contribution in [2.24, 2.45) is 0 Å². The zero-order chi connectivity index (χ0) is 14.3. The summed E-state index contributed by atoms with van der Waals surface area (Å²) in [6.07, 6.45) is 2.38. The van der Waals surface area contributed by atoms with Crippen LogP contribution in [0, 0.1) is 0 Å². The molecule has 0 fully saturated rings. The molecule has 19 heavy (non-hydrogen) atoms. The van der Waals surface area contributed by atoms with Gasteiger partial charge in [-0.3, -0.25) is 0 Å². The van der Waals surface area contributed by atoms with E-state index < -0.39 is 10.0 Å². The maximum atomic E-state index is 11.8. The number of benzene rings is 1. The Morgan fingerprint density at radius 1 is 1.26 bits per heavy atom. The van der Waals surface area contributed by atoms with Crippen LogP contribution in [0.25, 0.3) is 6.08 Å². The molecule has 0 saturated carbocycles. The third-order valence-corrected chi connectivity index (χ3v) is 3.84. The molecule has 0 bridgehead atoms. The minimum Gasteiger partial charge on any atom is -0.309 e. The highest BCUT2D eigenvalue weighted by Gasteiger charge is 2.10. The maximum Gasteiger partial charge on any atom is 0.233 e. The number of rotatable bonds is 7. The van der Waals surface area contributed by atoms with E-state index in [9.17, 15) is 8.42 Å². The standard InChI is InChI=1S/C14H22N2O2S/c1-13(9-11-16(2)3)15-19(17,18)12-10-14-7-5-4-6-8-14/h4-8,10,12-13,15H,9,11H2,1-3H3. The molecule has 1 N–H and O–H groups in total. The minimum absolute atomic E-state index is 0.0761. The summed E-state index contributed by atoms with van der Waals surface area (Å²) in [5, 5.41) is 1.22. The zero-order valence-corrected chi connectivity index (χ0v) is 12.5. The lowest BCUT2D eigenvalue weighted by Crippen LogP contribution is -2.33. The number of nitrogens with one attached hydrogen (secondary N) is 1. The molecular weight excluding hydrogens is 260 g/mol. The number of hydrogen-bond acceptors (Lipinski definition) is 3. The highest BCUT2D eigenvalue weighted by atomic mass is 32.2. The van der Waals surface area contributed by atoms with Gasteiger partial charge in [-0.05, 0) is 45.6 Å². The first-order chi connectivity index (χ1) is 8.89. The van der Waals surface area contributed by atoms with Gasteiger partial charge in [-0.25, -0.2) is 13.1 Å². The lowest BCUT2D eigenvalue weighted by atomic mass is 10.2. The summed E-state index contributed by atoms with van der Waals surface area (Å²) in [6, 6.07) is 9.29. The second kappa shape index (κ2) is 7.43. The molecule has 1 aromatic rings. The molecule has 0 aliphatic heterocycles. The van der Waals surface area contributed by atoms with Crippen molar-refractivity contribution >= 4 is 16.1 Å². The Kier molecular flexibility index (Phi) is 6.21. The molecule has 0 amide bonds. The van der Waals surface area contributed by atoms with Crippen LogP contribution >= 0.6 is 0 Å². The van der Waals surface area contributed by atoms with E-state index in [1.54, 1.807) is 6.08 Å². The van der Waals surface area contributed by atoms with Crippen molar-refractivity contribution in [3.63, 3.8) is 0 Å². The summed E-state index contributed by atoms with van der Waals surface area (Å²) in [4.78, 5) is 2.03. The second-order valence-corrected chi connectivity index (χ2v) is 6.47. The number of hydrogen-bond donors (Lipinski definition) is 1. The number of nitrogens with zero attached hydrogens (tertiary/aromatic N) is 1. The predicted molar refractivity (Wildman–Crippen MR) is 80.2 cm³/mol. The minimum atomic E-state index is -3.38. The molecule has 0 spiro atoms. The third kappa shape index (κ3) is 7.10. The summed E-state index contributed by atoms with van der Waals surface area (Å²) in [6.45, 7) is 2.73. The average Bonchev–Trinajstić information content (AvgIpc) is 2.35. The van der Waals surface area contributed by atoms with Gasteiger partial charge in [0.2, 0.25) is 10.0 Å². The first-order valence-corrected chi connectivity index (χ1v) is 7.84. The fourth-order valence-electron chi connectivity index (χ4n) is 1.56. The van der Waals surface area contributed by atoms with Gasteiger partial charge in [-0.15, -0.1) is 0 Å². The molecule has 4 nitrogen and oxygen atoms in total. The van der Waals surface area contributed by atoms with E-state index in [0.29, 0.717) is 0 Å². The highest BCUT2D eigenvalue weighted by Crippen LogP contribution is 2.04. The molecule has 0 aliphatic rings. The Labute approximate surface area is 116 Å². The van der Waals surface area contributed by atoms with Gasteiger partial charge >= 0.3 is 0 Å². The maximum absolute atomic E-state index is 11.8. The summed E-state index contributed by atoms with van der Waals surface area (Å²) < 4.78 is 26.3. The summed E-state index contributed by atoms with van der Waals surface area (Å²) in [7, 11) is 0.562. The lowest BCUT2D eigenvalue weighted by Gasteiger charge is -2.15. The van der Waals surface area contributed by atoms with Gasteiger partial charge in [0.05, 0.1) is 0 Å². The molecule has 0 aliphatic carbocycles. The fourth-order valence-corrected chi connectivity index (χ4v) is 2.66. The van der Waals surface area contributed by atoms with Gasteiger partial charge in [-0.1, -0.05) is 30.3 Å². The van der Waals surface area contributed by atoms with Crippen molar-refractivity contribution in [2.75, 3.05) is 20.6 Å². The van der Waals surface area contributed by atoms with E-state index in [-0.39, 0.29) is 6.04 Å². The lowest BCUT2D eigenvalue weighted by molar-refractivity contribution is 0.379. The molecule has 0 saturated heterocycles. The van der Waals surface area contributed by atoms with Crippen molar-refractivity contribution in [3.8, 4) is 0 Å². The van der Waals surface area contributed by atoms with E-state index in [4.69, 9.17) is 0 Å². The first-order valence-electron chi connectivity index (χ1n) is 6.29. The van der Waals surface area contributed by atoms with Gasteiger partial charge in [0.1, 0.15) is 0 Å². The SMILES string of the molecule is CC(CCN(C)C)NS(=O)(=O)C=Cc1ccccc1. The van der Waals surface area contributed by atoms with Crippen LogP contribution in [0.1, 0.15) is 18.9 Å². The van der Waals surface area contributed by atoms with Gasteiger partial charge in [0.15, 0.2) is 0 Å². The molecule has 106 valence electrons. The predicted octanol–water partition coefficient (Wildman–Crippen LogP) is 1.92. The smallest absolute Gasteiger partial charge is 0.233 e. The van der Waals surface area contributed by atoms with Crippen LogP contribution < -0.4 is 4.72 Å². The van der Waals surface area contributed by atoms with Gasteiger partial charge < -0.3 is 4.90 Å². The molecular formula is C14H22N2O2S. The van der Waals surface area contributed by atoms with E-state index in [1.807, 2.05) is 56.3 Å². The first kappa shape index (κ1) is 15.9. The van der Waals surface area contributed by atoms with Crippen molar-refractivity contribution in [2.45, 2.75) is 19.4 Å². The van der Waals surface area contributed by atoms with Gasteiger partial charge in [0, 0.05) is 11.4 Å². The van der Waals surface area contributed by atoms with Gasteiger partial charge in [-0.2, -0.15) is 0 Å². The van der Waals surface area contributed by atoms with Crippen LogP contribution in [-0.4, -0.2) is 40.0 Å². The second-order valence-electron chi connectivity index (χ2n) is 4.87. The Hall–Kier alpha value is -1.17. The van der Waals surface area contributed by atoms with E-state index >= 15 is 0 Å². The Morgan fingerprint density at radius 3 is 2.47 bits per heavy atom. The molecule has 1 rings (SSSR count). The average molecular weight is 282 g/mol. The fraction of sp³-hybridized carbons (Fsp3) is 0.429. The van der Waals surface area contributed by atoms with E-state index in [2.05, 4.69) is 4.72 Å². The summed E-state index contributed by atoms with van der Waals surface area (Å²) >= 11 is 0. The van der Waals surface area contributed by atoms with Crippen LogP contribution in [0.2, 0.25) is 0 Å². The van der Waals surface area contributed by atoms with Crippen molar-refractivity contribution in [3.05, 3.63) is 41.3 Å². The van der Waals surface area contributed by atoms with Crippen LogP contribution in [0.15, 0.2) is 35.7 Å². The Morgan fingerprint density at radius 2 is 1.89 bits per heavy atom. The van der Waals surface area contributed by atoms with Crippen molar-refractivity contribution < 1.29 is 8.42 Å². The van der Waals surface area contributed by atoms with Gasteiger partial charge in [0.25, 0.3) is 0 Å². The molecule has 0 heterocycles. The quantitative estimate of drug-likeness (QED) is 0.831. The Bertz CT molecular complexity index is 495. The van der Waals surface area contributed by atoms with Crippen molar-refractivity contribution in [1.82, 2.24) is 9.62 Å². The number of sulfonamides is 1. The van der Waals surface area contributed by atoms with Crippen LogP contribution in [0.4, 0.5) is 0 Å². The molecule has 1 unspecified atom stereocenters.